The van der Waals surface area contributed by atoms with Gasteiger partial charge in [-0.25, -0.2) is 0 Å². The molecule has 1 aromatic carbocycles. The summed E-state index contributed by atoms with van der Waals surface area (Å²) in [6.07, 6.45) is 2.87. The second kappa shape index (κ2) is 7.89. The van der Waals surface area contributed by atoms with Crippen molar-refractivity contribution in [3.05, 3.63) is 47.5 Å². The molecular weight excluding hydrogens is 248 g/mol. The van der Waals surface area contributed by atoms with Crippen molar-refractivity contribution in [2.75, 3.05) is 6.61 Å². The van der Waals surface area contributed by atoms with Crippen molar-refractivity contribution in [1.29, 1.82) is 0 Å². The fourth-order valence-corrected chi connectivity index (χ4v) is 1.91. The maximum absolute atomic E-state index is 10.0. The topological polar surface area (TPSA) is 40.5 Å². The van der Waals surface area contributed by atoms with Crippen molar-refractivity contribution in [3.63, 3.8) is 0 Å². The first-order chi connectivity index (χ1) is 9.48. The van der Waals surface area contributed by atoms with Crippen LogP contribution in [0.3, 0.4) is 0 Å². The standard InChI is InChI=1S/C18H24O2/c1-15(2)8-7-12-18(3,17(20)14-19)13-11-16-9-5-4-6-10-16/h4-6,8-10,17,19-20H,7,12,14H2,1-3H3/t17-,18-/m0/s1. The van der Waals surface area contributed by atoms with Gasteiger partial charge >= 0.3 is 0 Å². The number of hydrogen-bond acceptors (Lipinski definition) is 2. The van der Waals surface area contributed by atoms with Gasteiger partial charge in [0.15, 0.2) is 0 Å². The highest BCUT2D eigenvalue weighted by Gasteiger charge is 2.29. The van der Waals surface area contributed by atoms with Gasteiger partial charge in [0.05, 0.1) is 18.1 Å². The average Bonchev–Trinajstić information content (AvgIpc) is 2.45. The molecule has 0 aliphatic heterocycles. The van der Waals surface area contributed by atoms with Crippen LogP contribution in [-0.4, -0.2) is 22.9 Å². The van der Waals surface area contributed by atoms with Crippen LogP contribution < -0.4 is 0 Å². The Morgan fingerprint density at radius 2 is 1.95 bits per heavy atom. The predicted molar refractivity (Wildman–Crippen MR) is 83.2 cm³/mol. The molecule has 0 aromatic heterocycles. The molecule has 0 fully saturated rings. The molecule has 0 bridgehead atoms. The molecule has 1 rings (SSSR count). The number of rotatable bonds is 5. The van der Waals surface area contributed by atoms with E-state index in [9.17, 15) is 10.2 Å². The monoisotopic (exact) mass is 272 g/mol. The fourth-order valence-electron chi connectivity index (χ4n) is 1.91. The molecule has 0 unspecified atom stereocenters. The SMILES string of the molecule is CC(C)=CCC[C@@](C)(C#Cc1ccccc1)[C@@H](O)CO. The summed E-state index contributed by atoms with van der Waals surface area (Å²) in [7, 11) is 0. The highest BCUT2D eigenvalue weighted by Crippen LogP contribution is 2.27. The second-order valence-electron chi connectivity index (χ2n) is 5.55. The van der Waals surface area contributed by atoms with E-state index in [0.29, 0.717) is 0 Å². The van der Waals surface area contributed by atoms with Crippen molar-refractivity contribution >= 4 is 0 Å². The van der Waals surface area contributed by atoms with Crippen LogP contribution in [0.2, 0.25) is 0 Å². The molecule has 2 N–H and O–H groups in total. The Morgan fingerprint density at radius 1 is 1.30 bits per heavy atom. The number of aliphatic hydroxyl groups excluding tert-OH is 2. The molecule has 0 saturated heterocycles. The van der Waals surface area contributed by atoms with Crippen LogP contribution in [-0.2, 0) is 0 Å². The summed E-state index contributed by atoms with van der Waals surface area (Å²) in [5, 5.41) is 19.3. The van der Waals surface area contributed by atoms with Gasteiger partial charge in [-0.05, 0) is 45.7 Å². The second-order valence-corrected chi connectivity index (χ2v) is 5.55. The number of hydrogen-bond donors (Lipinski definition) is 2. The predicted octanol–water partition coefficient (Wildman–Crippen LogP) is 3.14. The minimum atomic E-state index is -0.829. The van der Waals surface area contributed by atoms with Crippen LogP contribution in [0.4, 0.5) is 0 Å². The Balaban J connectivity index is 2.89. The van der Waals surface area contributed by atoms with E-state index in [4.69, 9.17) is 0 Å². The van der Waals surface area contributed by atoms with E-state index in [1.165, 1.54) is 5.57 Å². The van der Waals surface area contributed by atoms with Crippen molar-refractivity contribution in [2.24, 2.45) is 5.41 Å². The van der Waals surface area contributed by atoms with Gasteiger partial charge in [-0.15, -0.1) is 0 Å². The van der Waals surface area contributed by atoms with Crippen molar-refractivity contribution < 1.29 is 10.2 Å². The maximum atomic E-state index is 10.0. The van der Waals surface area contributed by atoms with E-state index in [2.05, 4.69) is 31.8 Å². The molecule has 0 aliphatic rings. The zero-order valence-corrected chi connectivity index (χ0v) is 12.6. The van der Waals surface area contributed by atoms with Crippen LogP contribution in [0.1, 0.15) is 39.2 Å². The molecule has 0 heterocycles. The van der Waals surface area contributed by atoms with Gasteiger partial charge in [0.2, 0.25) is 0 Å². The summed E-state index contributed by atoms with van der Waals surface area (Å²) in [4.78, 5) is 0. The zero-order chi connectivity index (χ0) is 15.0. The first-order valence-electron chi connectivity index (χ1n) is 6.98. The van der Waals surface area contributed by atoms with Gasteiger partial charge in [-0.1, -0.05) is 41.7 Å². The summed E-state index contributed by atoms with van der Waals surface area (Å²) >= 11 is 0. The summed E-state index contributed by atoms with van der Waals surface area (Å²) in [6.45, 7) is 5.74. The van der Waals surface area contributed by atoms with Gasteiger partial charge in [0, 0.05) is 5.56 Å². The van der Waals surface area contributed by atoms with Crippen molar-refractivity contribution in [1.82, 2.24) is 0 Å². The van der Waals surface area contributed by atoms with Crippen LogP contribution >= 0.6 is 0 Å². The first-order valence-corrected chi connectivity index (χ1v) is 6.98. The van der Waals surface area contributed by atoms with Crippen LogP contribution in [0.25, 0.3) is 0 Å². The van der Waals surface area contributed by atoms with Crippen molar-refractivity contribution in [3.8, 4) is 11.8 Å². The Hall–Kier alpha value is -1.56. The van der Waals surface area contributed by atoms with E-state index < -0.39 is 11.5 Å². The average molecular weight is 272 g/mol. The van der Waals surface area contributed by atoms with Gasteiger partial charge in [0.25, 0.3) is 0 Å². The van der Waals surface area contributed by atoms with E-state index in [1.54, 1.807) is 0 Å². The Kier molecular flexibility index (Phi) is 6.51. The molecule has 0 aliphatic carbocycles. The molecule has 2 nitrogen and oxygen atoms in total. The van der Waals surface area contributed by atoms with E-state index in [0.717, 1.165) is 18.4 Å². The molecule has 0 amide bonds. The molecule has 108 valence electrons. The Morgan fingerprint density at radius 3 is 2.50 bits per heavy atom. The van der Waals surface area contributed by atoms with Crippen LogP contribution in [0.5, 0.6) is 0 Å². The van der Waals surface area contributed by atoms with Gasteiger partial charge in [-0.2, -0.15) is 0 Å². The Labute approximate surface area is 122 Å². The third-order valence-electron chi connectivity index (χ3n) is 3.39. The number of benzene rings is 1. The van der Waals surface area contributed by atoms with Crippen LogP contribution in [0.15, 0.2) is 42.0 Å². The van der Waals surface area contributed by atoms with E-state index in [1.807, 2.05) is 37.3 Å². The summed E-state index contributed by atoms with van der Waals surface area (Å²) in [5.41, 5.74) is 1.57. The molecule has 0 spiro atoms. The highest BCUT2D eigenvalue weighted by molar-refractivity contribution is 5.35. The van der Waals surface area contributed by atoms with E-state index >= 15 is 0 Å². The lowest BCUT2D eigenvalue weighted by atomic mass is 9.80. The molecule has 2 heteroatoms. The summed E-state index contributed by atoms with van der Waals surface area (Å²) < 4.78 is 0. The number of allylic oxidation sites excluding steroid dienone is 2. The van der Waals surface area contributed by atoms with Gasteiger partial charge in [-0.3, -0.25) is 0 Å². The van der Waals surface area contributed by atoms with Gasteiger partial charge < -0.3 is 10.2 Å². The third kappa shape index (κ3) is 5.21. The molecular formula is C18H24O2. The lowest BCUT2D eigenvalue weighted by Crippen LogP contribution is -2.34. The van der Waals surface area contributed by atoms with E-state index in [-0.39, 0.29) is 6.61 Å². The smallest absolute Gasteiger partial charge is 0.0933 e. The lowest BCUT2D eigenvalue weighted by molar-refractivity contribution is 0.0199. The third-order valence-corrected chi connectivity index (χ3v) is 3.39. The van der Waals surface area contributed by atoms with Gasteiger partial charge in [0.1, 0.15) is 0 Å². The number of aliphatic hydroxyl groups is 2. The first kappa shape index (κ1) is 16.5. The minimum absolute atomic E-state index is 0.269. The molecule has 2 atom stereocenters. The molecule has 0 saturated carbocycles. The molecule has 20 heavy (non-hydrogen) atoms. The van der Waals surface area contributed by atoms with Crippen LogP contribution in [0, 0.1) is 17.3 Å². The Bertz CT molecular complexity index is 489. The van der Waals surface area contributed by atoms with Crippen molar-refractivity contribution in [2.45, 2.75) is 39.7 Å². The largest absolute Gasteiger partial charge is 0.394 e. The summed E-state index contributed by atoms with van der Waals surface area (Å²) in [5.74, 6) is 6.24. The quantitative estimate of drug-likeness (QED) is 0.638. The highest BCUT2D eigenvalue weighted by atomic mass is 16.3. The maximum Gasteiger partial charge on any atom is 0.0933 e. The molecule has 1 aromatic rings. The lowest BCUT2D eigenvalue weighted by Gasteiger charge is -2.28. The summed E-state index contributed by atoms with van der Waals surface area (Å²) in [6, 6.07) is 9.70. The molecule has 0 radical (unpaired) electrons. The normalized spacial score (nSPS) is 14.7. The minimum Gasteiger partial charge on any atom is -0.394 e. The fraction of sp³-hybridized carbons (Fsp3) is 0.444. The zero-order valence-electron chi connectivity index (χ0n) is 12.6.